The molecule has 0 N–H and O–H groups in total. The van der Waals surface area contributed by atoms with Crippen molar-refractivity contribution in [3.8, 4) is 0 Å². The molecule has 1 heterocycles. The first-order valence-electron chi connectivity index (χ1n) is 2.16. The Morgan fingerprint density at radius 2 is 2.38 bits per heavy atom. The normalized spacial score (nSPS) is 8.50. The molecule has 0 amide bonds. The van der Waals surface area contributed by atoms with E-state index in [0.29, 0.717) is 4.64 Å². The van der Waals surface area contributed by atoms with E-state index in [0.717, 1.165) is 0 Å². The number of aromatic nitrogens is 2. The molecule has 8 heavy (non-hydrogen) atoms. The zero-order valence-electron chi connectivity index (χ0n) is 4.11. The van der Waals surface area contributed by atoms with Gasteiger partial charge in [0.1, 0.15) is 11.0 Å². The maximum atomic E-state index is 4.73. The summed E-state index contributed by atoms with van der Waals surface area (Å²) in [4.78, 5) is 7.48. The Labute approximate surface area is 52.2 Å². The number of hydrogen-bond acceptors (Lipinski definition) is 3. The fourth-order valence-corrected chi connectivity index (χ4v) is 0.473. The molecule has 3 heteroatoms. The molecule has 1 aromatic heterocycles. The van der Waals surface area contributed by atoms with E-state index in [-0.39, 0.29) is 0 Å². The van der Waals surface area contributed by atoms with Crippen molar-refractivity contribution in [2.45, 2.75) is 0 Å². The lowest BCUT2D eigenvalue weighted by Gasteiger charge is -1.59. The van der Waals surface area contributed by atoms with E-state index in [1.807, 2.05) is 0 Å². The molecule has 0 unspecified atom stereocenters. The molecule has 1 rings (SSSR count). The van der Waals surface area contributed by atoms with Crippen molar-refractivity contribution in [1.29, 1.82) is 0 Å². The van der Waals surface area contributed by atoms with Gasteiger partial charge in [0.05, 0.1) is 0 Å². The average molecular weight is 124 g/mol. The largest absolute Gasteiger partial charge is 0.245 e. The lowest BCUT2D eigenvalue weighted by molar-refractivity contribution is 1.21. The van der Waals surface area contributed by atoms with Gasteiger partial charge in [-0.05, 0) is 12.1 Å². The maximum absolute atomic E-state index is 4.73. The van der Waals surface area contributed by atoms with Crippen molar-refractivity contribution < 1.29 is 0 Å². The van der Waals surface area contributed by atoms with Crippen molar-refractivity contribution in [2.24, 2.45) is 0 Å². The molecule has 0 bridgehead atoms. The van der Waals surface area contributed by atoms with Crippen LogP contribution in [0.25, 0.3) is 0 Å². The third kappa shape index (κ3) is 1.35. The molecule has 2 nitrogen and oxygen atoms in total. The molecule has 0 saturated carbocycles. The summed E-state index contributed by atoms with van der Waals surface area (Å²) in [6.45, 7) is 0. The van der Waals surface area contributed by atoms with Crippen molar-refractivity contribution in [3.05, 3.63) is 29.3 Å². The van der Waals surface area contributed by atoms with Crippen LogP contribution in [-0.2, 0) is 0 Å². The summed E-state index contributed by atoms with van der Waals surface area (Å²) in [6, 6.07) is 3.48. The Morgan fingerprint density at radius 3 is 3.25 bits per heavy atom. The topological polar surface area (TPSA) is 25.8 Å². The van der Waals surface area contributed by atoms with E-state index in [9.17, 15) is 0 Å². The van der Waals surface area contributed by atoms with Crippen LogP contribution in [0.3, 0.4) is 0 Å². The van der Waals surface area contributed by atoms with Crippen molar-refractivity contribution >= 4 is 12.2 Å². The first-order valence-corrected chi connectivity index (χ1v) is 2.57. The van der Waals surface area contributed by atoms with Gasteiger partial charge < -0.3 is 0 Å². The van der Waals surface area contributed by atoms with Gasteiger partial charge in [-0.25, -0.2) is 9.97 Å². The minimum Gasteiger partial charge on any atom is -0.245 e. The van der Waals surface area contributed by atoms with Crippen LogP contribution < -0.4 is 0 Å². The van der Waals surface area contributed by atoms with Gasteiger partial charge in [-0.3, -0.25) is 0 Å². The summed E-state index contributed by atoms with van der Waals surface area (Å²) >= 11 is 4.73. The third-order valence-electron chi connectivity index (χ3n) is 0.663. The second-order valence-electron chi connectivity index (χ2n) is 1.24. The summed E-state index contributed by atoms with van der Waals surface area (Å²) in [5.41, 5.74) is 0. The van der Waals surface area contributed by atoms with E-state index in [2.05, 4.69) is 9.97 Å². The molecule has 0 aliphatic carbocycles. The van der Waals surface area contributed by atoms with Crippen LogP contribution in [0.5, 0.6) is 0 Å². The minimum atomic E-state index is 0.572. The Hall–Kier alpha value is -0.830. The van der Waals surface area contributed by atoms with Crippen LogP contribution in [0.1, 0.15) is 0 Å². The second kappa shape index (κ2) is 2.47. The van der Waals surface area contributed by atoms with Crippen molar-refractivity contribution in [2.75, 3.05) is 0 Å². The van der Waals surface area contributed by atoms with Crippen molar-refractivity contribution in [3.63, 3.8) is 0 Å². The monoisotopic (exact) mass is 124 g/mol. The van der Waals surface area contributed by atoms with E-state index >= 15 is 0 Å². The molecule has 0 fully saturated rings. The molecule has 1 aromatic rings. The van der Waals surface area contributed by atoms with Gasteiger partial charge in [0, 0.05) is 6.20 Å². The molecule has 0 atom stereocenters. The zero-order chi connectivity index (χ0) is 5.82. The summed E-state index contributed by atoms with van der Waals surface area (Å²) in [5, 5.41) is 0. The van der Waals surface area contributed by atoms with Gasteiger partial charge in [-0.1, -0.05) is 12.2 Å². The molecule has 40 valence electrons. The zero-order valence-corrected chi connectivity index (χ0v) is 4.93. The van der Waals surface area contributed by atoms with Gasteiger partial charge in [0.2, 0.25) is 0 Å². The summed E-state index contributed by atoms with van der Waals surface area (Å²) in [5.74, 6) is 0. The first-order chi connectivity index (χ1) is 3.89. The Kier molecular flexibility index (Phi) is 1.64. The fourth-order valence-electron chi connectivity index (χ4n) is 0.347. The summed E-state index contributed by atoms with van der Waals surface area (Å²) in [7, 11) is 0. The molecule has 0 radical (unpaired) electrons. The van der Waals surface area contributed by atoms with Gasteiger partial charge >= 0.3 is 0 Å². The molecule has 0 aliphatic rings. The fraction of sp³-hybridized carbons (Fsp3) is 0. The van der Waals surface area contributed by atoms with Gasteiger partial charge in [-0.2, -0.15) is 0 Å². The molecule has 0 spiro atoms. The number of nitrogens with zero attached hydrogens (tertiary/aromatic N) is 2. The average Bonchev–Trinajstić information content (AvgIpc) is 1.94. The smallest absolute Gasteiger partial charge is 0.128 e. The highest BCUT2D eigenvalue weighted by molar-refractivity contribution is 7.71. The number of hydrogen-bond donors (Lipinski definition) is 0. The van der Waals surface area contributed by atoms with E-state index in [1.165, 1.54) is 6.33 Å². The van der Waals surface area contributed by atoms with Gasteiger partial charge in [-0.15, -0.1) is 0 Å². The second-order valence-corrected chi connectivity index (χ2v) is 1.66. The molecule has 0 saturated heterocycles. The lowest BCUT2D eigenvalue weighted by atomic mass is 10.6. The predicted molar refractivity (Wildman–Crippen MR) is 32.9 cm³/mol. The van der Waals surface area contributed by atoms with E-state index in [1.54, 1.807) is 18.3 Å². The molecular weight excluding hydrogens is 120 g/mol. The van der Waals surface area contributed by atoms with Crippen LogP contribution in [0.4, 0.5) is 0 Å². The van der Waals surface area contributed by atoms with Crippen LogP contribution in [0.15, 0.2) is 24.7 Å². The minimum absolute atomic E-state index is 0.572. The van der Waals surface area contributed by atoms with Gasteiger partial charge in [0.15, 0.2) is 0 Å². The van der Waals surface area contributed by atoms with E-state index < -0.39 is 0 Å². The lowest BCUT2D eigenvalue weighted by Crippen LogP contribution is -1.60. The quantitative estimate of drug-likeness (QED) is 0.486. The SMILES string of the molecule is S=c1cccncn1. The molecular formula is C5H4N2S. The highest BCUT2D eigenvalue weighted by Gasteiger charge is 1.67. The molecule has 0 aliphatic heterocycles. The summed E-state index contributed by atoms with van der Waals surface area (Å²) in [6.07, 6.45) is 3.07. The van der Waals surface area contributed by atoms with E-state index in [4.69, 9.17) is 12.2 Å². The Morgan fingerprint density at radius 1 is 1.50 bits per heavy atom. The number of rotatable bonds is 0. The van der Waals surface area contributed by atoms with Crippen molar-refractivity contribution in [1.82, 2.24) is 9.97 Å². The van der Waals surface area contributed by atoms with Crippen LogP contribution in [0.2, 0.25) is 0 Å². The van der Waals surface area contributed by atoms with Crippen LogP contribution in [-0.4, -0.2) is 9.97 Å². The summed E-state index contributed by atoms with van der Waals surface area (Å²) < 4.78 is 0.572. The Bertz CT molecular complexity index is 201. The van der Waals surface area contributed by atoms with Crippen LogP contribution in [0, 0.1) is 4.64 Å². The standard InChI is InChI=1S/C5H4N2S/c8-5-2-1-3-6-4-7-5/h1-4H. The maximum Gasteiger partial charge on any atom is 0.128 e. The van der Waals surface area contributed by atoms with Crippen LogP contribution >= 0.6 is 12.2 Å². The molecule has 0 aromatic carbocycles. The predicted octanol–water partition coefficient (Wildman–Crippen LogP) is 1.21. The first kappa shape index (κ1) is 5.31. The highest BCUT2D eigenvalue weighted by atomic mass is 32.1. The highest BCUT2D eigenvalue weighted by Crippen LogP contribution is 1.77. The third-order valence-corrected chi connectivity index (χ3v) is 0.904. The van der Waals surface area contributed by atoms with Gasteiger partial charge in [0.25, 0.3) is 0 Å². The Balaban J connectivity index is 3.32.